The highest BCUT2D eigenvalue weighted by Crippen LogP contribution is 2.28. The first-order valence-electron chi connectivity index (χ1n) is 6.88. The van der Waals surface area contributed by atoms with Crippen LogP contribution in [0.15, 0.2) is 0 Å². The van der Waals surface area contributed by atoms with Gasteiger partial charge in [0.15, 0.2) is 6.29 Å². The topological polar surface area (TPSA) is 39.7 Å². The minimum atomic E-state index is -0.114. The average Bonchev–Trinajstić information content (AvgIpc) is 3.12. The second kappa shape index (κ2) is 9.83. The van der Waals surface area contributed by atoms with Crippen LogP contribution in [0.5, 0.6) is 0 Å². The van der Waals surface area contributed by atoms with Crippen LogP contribution in [0.4, 0.5) is 0 Å². The van der Waals surface area contributed by atoms with E-state index in [-0.39, 0.29) is 6.29 Å². The minimum Gasteiger partial charge on any atom is -0.381 e. The van der Waals surface area contributed by atoms with Crippen molar-refractivity contribution >= 4 is 0 Å². The Bertz CT molecular complexity index is 168. The molecule has 102 valence electrons. The highest BCUT2D eigenvalue weighted by atomic mass is 16.7. The van der Waals surface area contributed by atoms with Crippen LogP contribution < -0.4 is 5.32 Å². The van der Waals surface area contributed by atoms with Crippen LogP contribution in [-0.2, 0) is 14.2 Å². The molecular weight excluding hydrogens is 218 g/mol. The molecule has 0 aromatic rings. The van der Waals surface area contributed by atoms with E-state index in [4.69, 9.17) is 14.2 Å². The summed E-state index contributed by atoms with van der Waals surface area (Å²) in [5, 5.41) is 3.33. The number of rotatable bonds is 12. The van der Waals surface area contributed by atoms with Gasteiger partial charge in [0.05, 0.1) is 0 Å². The third-order valence-electron chi connectivity index (χ3n) is 2.71. The molecule has 1 fully saturated rings. The first-order chi connectivity index (χ1) is 8.36. The zero-order chi connectivity index (χ0) is 12.3. The monoisotopic (exact) mass is 245 g/mol. The molecule has 0 atom stereocenters. The normalized spacial score (nSPS) is 15.7. The van der Waals surface area contributed by atoms with Crippen LogP contribution >= 0.6 is 0 Å². The maximum absolute atomic E-state index is 5.56. The van der Waals surface area contributed by atoms with E-state index < -0.39 is 0 Å². The lowest BCUT2D eigenvalue weighted by molar-refractivity contribution is -0.132. The van der Waals surface area contributed by atoms with Crippen LogP contribution in [-0.4, -0.2) is 45.8 Å². The van der Waals surface area contributed by atoms with Gasteiger partial charge in [-0.3, -0.25) is 0 Å². The molecule has 0 unspecified atom stereocenters. The molecule has 4 heteroatoms. The highest BCUT2D eigenvalue weighted by Gasteiger charge is 2.20. The summed E-state index contributed by atoms with van der Waals surface area (Å²) in [7, 11) is 0. The Morgan fingerprint density at radius 2 is 1.88 bits per heavy atom. The summed E-state index contributed by atoms with van der Waals surface area (Å²) < 4.78 is 16.4. The Hall–Kier alpha value is -0.160. The predicted octanol–water partition coefficient (Wildman–Crippen LogP) is 1.79. The van der Waals surface area contributed by atoms with Gasteiger partial charge in [0.25, 0.3) is 0 Å². The van der Waals surface area contributed by atoms with Gasteiger partial charge < -0.3 is 19.5 Å². The smallest absolute Gasteiger partial charge is 0.169 e. The molecule has 1 aliphatic carbocycles. The molecule has 0 radical (unpaired) electrons. The molecule has 0 aromatic carbocycles. The molecule has 1 N–H and O–H groups in total. The van der Waals surface area contributed by atoms with E-state index in [9.17, 15) is 0 Å². The lowest BCUT2D eigenvalue weighted by Gasteiger charge is -2.17. The number of nitrogens with one attached hydrogen (secondary N) is 1. The van der Waals surface area contributed by atoms with Gasteiger partial charge in [-0.15, -0.1) is 0 Å². The Morgan fingerprint density at radius 3 is 2.47 bits per heavy atom. The fraction of sp³-hybridized carbons (Fsp3) is 1.00. The lowest BCUT2D eigenvalue weighted by atomic mass is 10.4. The maximum atomic E-state index is 5.56. The Labute approximate surface area is 105 Å². The van der Waals surface area contributed by atoms with Crippen LogP contribution in [0.3, 0.4) is 0 Å². The van der Waals surface area contributed by atoms with Gasteiger partial charge in [-0.1, -0.05) is 0 Å². The molecule has 0 heterocycles. The number of hydrogen-bond acceptors (Lipinski definition) is 4. The van der Waals surface area contributed by atoms with Crippen molar-refractivity contribution in [3.05, 3.63) is 0 Å². The highest BCUT2D eigenvalue weighted by molar-refractivity contribution is 4.71. The van der Waals surface area contributed by atoms with Gasteiger partial charge >= 0.3 is 0 Å². The maximum Gasteiger partial charge on any atom is 0.169 e. The Morgan fingerprint density at radius 1 is 1.18 bits per heavy atom. The first kappa shape index (κ1) is 14.9. The second-order valence-electron chi connectivity index (χ2n) is 4.42. The molecule has 1 saturated carbocycles. The van der Waals surface area contributed by atoms with E-state index in [1.54, 1.807) is 0 Å². The third kappa shape index (κ3) is 8.55. The Kier molecular flexibility index (Phi) is 8.61. The summed E-state index contributed by atoms with van der Waals surface area (Å²) in [5.74, 6) is 0.864. The van der Waals surface area contributed by atoms with Gasteiger partial charge in [-0.05, 0) is 45.6 Å². The summed E-state index contributed by atoms with van der Waals surface area (Å²) >= 11 is 0. The van der Waals surface area contributed by atoms with E-state index in [1.807, 2.05) is 13.8 Å². The van der Waals surface area contributed by atoms with Crippen molar-refractivity contribution < 1.29 is 14.2 Å². The van der Waals surface area contributed by atoms with Crippen LogP contribution in [0.1, 0.15) is 33.1 Å². The summed E-state index contributed by atoms with van der Waals surface area (Å²) in [5.41, 5.74) is 0. The largest absolute Gasteiger partial charge is 0.381 e. The fourth-order valence-electron chi connectivity index (χ4n) is 1.59. The van der Waals surface area contributed by atoms with Crippen LogP contribution in [0, 0.1) is 5.92 Å². The first-order valence-corrected chi connectivity index (χ1v) is 6.88. The quantitative estimate of drug-likeness (QED) is 0.420. The van der Waals surface area contributed by atoms with Crippen molar-refractivity contribution in [3.63, 3.8) is 0 Å². The van der Waals surface area contributed by atoms with Crippen molar-refractivity contribution in [2.45, 2.75) is 39.4 Å². The molecule has 0 aromatic heterocycles. The van der Waals surface area contributed by atoms with Gasteiger partial charge in [0, 0.05) is 33.0 Å². The van der Waals surface area contributed by atoms with Crippen molar-refractivity contribution in [2.75, 3.05) is 39.5 Å². The molecule has 17 heavy (non-hydrogen) atoms. The van der Waals surface area contributed by atoms with Crippen LogP contribution in [0.25, 0.3) is 0 Å². The molecule has 0 amide bonds. The summed E-state index contributed by atoms with van der Waals surface area (Å²) in [6.07, 6.45) is 3.67. The van der Waals surface area contributed by atoms with E-state index in [0.717, 1.165) is 38.6 Å². The van der Waals surface area contributed by atoms with E-state index >= 15 is 0 Å². The summed E-state index contributed by atoms with van der Waals surface area (Å²) in [6, 6.07) is 0. The van der Waals surface area contributed by atoms with Crippen molar-refractivity contribution in [1.82, 2.24) is 5.32 Å². The summed E-state index contributed by atoms with van der Waals surface area (Å²) in [4.78, 5) is 0. The molecule has 0 saturated heterocycles. The average molecular weight is 245 g/mol. The second-order valence-corrected chi connectivity index (χ2v) is 4.42. The van der Waals surface area contributed by atoms with Gasteiger partial charge in [0.2, 0.25) is 0 Å². The zero-order valence-corrected chi connectivity index (χ0v) is 11.2. The molecular formula is C13H27NO3. The number of hydrogen-bond donors (Lipinski definition) is 1. The SMILES string of the molecule is CCOC(CNCCCOCC1CC1)OCC. The molecule has 0 bridgehead atoms. The zero-order valence-electron chi connectivity index (χ0n) is 11.2. The molecule has 0 aliphatic heterocycles. The third-order valence-corrected chi connectivity index (χ3v) is 2.71. The molecule has 1 rings (SSSR count). The van der Waals surface area contributed by atoms with Gasteiger partial charge in [-0.2, -0.15) is 0 Å². The lowest BCUT2D eigenvalue weighted by Crippen LogP contribution is -2.32. The number of ether oxygens (including phenoxy) is 3. The van der Waals surface area contributed by atoms with E-state index in [0.29, 0.717) is 13.2 Å². The predicted molar refractivity (Wildman–Crippen MR) is 68.1 cm³/mol. The van der Waals surface area contributed by atoms with Crippen LogP contribution in [0.2, 0.25) is 0 Å². The molecule has 4 nitrogen and oxygen atoms in total. The standard InChI is InChI=1S/C13H27NO3/c1-3-16-13(17-4-2)10-14-8-5-9-15-11-12-6-7-12/h12-14H,3-11H2,1-2H3. The van der Waals surface area contributed by atoms with Crippen molar-refractivity contribution in [2.24, 2.45) is 5.92 Å². The minimum absolute atomic E-state index is 0.114. The van der Waals surface area contributed by atoms with Gasteiger partial charge in [0.1, 0.15) is 0 Å². The molecule has 0 spiro atoms. The van der Waals surface area contributed by atoms with Crippen molar-refractivity contribution in [1.29, 1.82) is 0 Å². The Balaban J connectivity index is 1.82. The molecule has 1 aliphatic rings. The van der Waals surface area contributed by atoms with E-state index in [2.05, 4.69) is 5.32 Å². The fourth-order valence-corrected chi connectivity index (χ4v) is 1.59. The van der Waals surface area contributed by atoms with Crippen molar-refractivity contribution in [3.8, 4) is 0 Å². The summed E-state index contributed by atoms with van der Waals surface area (Å²) in [6.45, 7) is 8.88. The van der Waals surface area contributed by atoms with Gasteiger partial charge in [-0.25, -0.2) is 0 Å². The van der Waals surface area contributed by atoms with E-state index in [1.165, 1.54) is 12.8 Å².